The fourth-order valence-corrected chi connectivity index (χ4v) is 4.61. The lowest BCUT2D eigenvalue weighted by atomic mass is 9.89. The van der Waals surface area contributed by atoms with Crippen LogP contribution < -0.4 is 11.0 Å². The number of amides is 1. The van der Waals surface area contributed by atoms with Crippen molar-refractivity contribution in [3.8, 4) is 0 Å². The Morgan fingerprint density at radius 1 is 1.17 bits per heavy atom. The molecular weight excluding hydrogens is 448 g/mol. The van der Waals surface area contributed by atoms with Gasteiger partial charge in [-0.1, -0.05) is 25.3 Å². The van der Waals surface area contributed by atoms with E-state index in [1.807, 2.05) is 0 Å². The molecule has 1 aliphatic carbocycles. The summed E-state index contributed by atoms with van der Waals surface area (Å²) in [7, 11) is 0. The van der Waals surface area contributed by atoms with E-state index < -0.39 is 5.97 Å². The van der Waals surface area contributed by atoms with E-state index in [-0.39, 0.29) is 47.0 Å². The standard InChI is InChI=1S/C26H26N4O5/c1-2-34-26(33)20-15-19-22(27-21-12-6-7-13-29(21)25(19)32)30(16-18-11-8-14-35-18)23(20)28-24(31)17-9-4-3-5-10-17/h6-8,11-15,17H,2-5,9-10,16H2,1H3. The van der Waals surface area contributed by atoms with Crippen molar-refractivity contribution in [2.75, 3.05) is 6.61 Å². The maximum Gasteiger partial charge on any atom is 0.341 e. The van der Waals surface area contributed by atoms with Crippen LogP contribution in [0.25, 0.3) is 16.7 Å². The third kappa shape index (κ3) is 4.41. The van der Waals surface area contributed by atoms with Gasteiger partial charge in [-0.15, -0.1) is 0 Å². The second-order valence-electron chi connectivity index (χ2n) is 8.64. The number of esters is 1. The number of hydrogen-bond donors (Lipinski definition) is 0. The molecule has 0 radical (unpaired) electrons. The molecule has 9 nitrogen and oxygen atoms in total. The van der Waals surface area contributed by atoms with Gasteiger partial charge in [-0.3, -0.25) is 14.0 Å². The van der Waals surface area contributed by atoms with Crippen LogP contribution in [0, 0.1) is 5.92 Å². The third-order valence-electron chi connectivity index (χ3n) is 6.35. The summed E-state index contributed by atoms with van der Waals surface area (Å²) < 4.78 is 13.9. The summed E-state index contributed by atoms with van der Waals surface area (Å²) in [4.78, 5) is 48.8. The van der Waals surface area contributed by atoms with Crippen LogP contribution in [0.4, 0.5) is 0 Å². The highest BCUT2D eigenvalue weighted by atomic mass is 16.5. The summed E-state index contributed by atoms with van der Waals surface area (Å²) in [5.74, 6) is -0.564. The van der Waals surface area contributed by atoms with E-state index in [0.717, 1.165) is 32.1 Å². The van der Waals surface area contributed by atoms with Gasteiger partial charge in [0.15, 0.2) is 5.49 Å². The van der Waals surface area contributed by atoms with E-state index in [2.05, 4.69) is 4.99 Å². The molecule has 1 fully saturated rings. The Morgan fingerprint density at radius 2 is 2.00 bits per heavy atom. The minimum absolute atomic E-state index is 0.0462. The summed E-state index contributed by atoms with van der Waals surface area (Å²) in [6, 6.07) is 10.2. The minimum atomic E-state index is -0.657. The van der Waals surface area contributed by atoms with Gasteiger partial charge >= 0.3 is 5.97 Å². The molecule has 1 aliphatic rings. The van der Waals surface area contributed by atoms with Crippen molar-refractivity contribution in [1.82, 2.24) is 14.0 Å². The Bertz CT molecular complexity index is 1530. The number of fused-ring (bicyclic) bond motifs is 2. The first-order valence-electron chi connectivity index (χ1n) is 11.9. The fraction of sp³-hybridized carbons (Fsp3) is 0.346. The van der Waals surface area contributed by atoms with Crippen LogP contribution in [0.2, 0.25) is 0 Å². The highest BCUT2D eigenvalue weighted by Gasteiger charge is 2.24. The van der Waals surface area contributed by atoms with Crippen molar-refractivity contribution in [3.05, 3.63) is 76.0 Å². The van der Waals surface area contributed by atoms with E-state index in [1.54, 1.807) is 48.0 Å². The molecule has 0 aliphatic heterocycles. The molecule has 4 aromatic heterocycles. The molecule has 1 amide bonds. The SMILES string of the molecule is CCOC(=O)c1cc2c(=O)n3ccccc3nc2n(Cc2ccco2)c1=NC(=O)C1CCCCC1. The Hall–Kier alpha value is -4.01. The lowest BCUT2D eigenvalue weighted by molar-refractivity contribution is -0.122. The van der Waals surface area contributed by atoms with Crippen LogP contribution in [0.5, 0.6) is 0 Å². The quantitative estimate of drug-likeness (QED) is 0.324. The Balaban J connectivity index is 1.85. The number of carbonyl (C=O) groups excluding carboxylic acids is 2. The molecule has 9 heteroatoms. The number of pyridine rings is 2. The van der Waals surface area contributed by atoms with Crippen molar-refractivity contribution in [2.45, 2.75) is 45.6 Å². The first kappa shape index (κ1) is 22.8. The first-order chi connectivity index (χ1) is 17.1. The Morgan fingerprint density at radius 3 is 2.74 bits per heavy atom. The van der Waals surface area contributed by atoms with Gasteiger partial charge in [0.25, 0.3) is 11.5 Å². The van der Waals surface area contributed by atoms with E-state index >= 15 is 0 Å². The van der Waals surface area contributed by atoms with Crippen LogP contribution >= 0.6 is 0 Å². The lowest BCUT2D eigenvalue weighted by Crippen LogP contribution is -2.34. The zero-order valence-corrected chi connectivity index (χ0v) is 19.5. The molecule has 1 saturated carbocycles. The largest absolute Gasteiger partial charge is 0.467 e. The number of hydrogen-bond acceptors (Lipinski definition) is 6. The topological polar surface area (TPSA) is 108 Å². The van der Waals surface area contributed by atoms with E-state index in [1.165, 1.54) is 16.7 Å². The van der Waals surface area contributed by atoms with Crippen molar-refractivity contribution < 1.29 is 18.7 Å². The van der Waals surface area contributed by atoms with Crippen molar-refractivity contribution in [1.29, 1.82) is 0 Å². The number of carbonyl (C=O) groups is 2. The number of aromatic nitrogens is 3. The summed E-state index contributed by atoms with van der Waals surface area (Å²) in [6.45, 7) is 1.97. The highest BCUT2D eigenvalue weighted by Crippen LogP contribution is 2.24. The Labute approximate surface area is 200 Å². The van der Waals surface area contributed by atoms with Crippen LogP contribution in [-0.2, 0) is 16.1 Å². The second kappa shape index (κ2) is 9.69. The average molecular weight is 475 g/mol. The van der Waals surface area contributed by atoms with E-state index in [0.29, 0.717) is 17.1 Å². The maximum atomic E-state index is 13.4. The summed E-state index contributed by atoms with van der Waals surface area (Å²) in [6.07, 6.45) is 7.76. The van der Waals surface area contributed by atoms with Crippen molar-refractivity contribution >= 4 is 28.6 Å². The molecular formula is C26H26N4O5. The molecule has 0 spiro atoms. The predicted molar refractivity (Wildman–Crippen MR) is 128 cm³/mol. The van der Waals surface area contributed by atoms with Gasteiger partial charge in [0.2, 0.25) is 0 Å². The van der Waals surface area contributed by atoms with Gasteiger partial charge < -0.3 is 13.7 Å². The number of nitrogens with zero attached hydrogens (tertiary/aromatic N) is 4. The first-order valence-corrected chi connectivity index (χ1v) is 11.9. The molecule has 0 bridgehead atoms. The molecule has 4 aromatic rings. The lowest BCUT2D eigenvalue weighted by Gasteiger charge is -2.19. The van der Waals surface area contributed by atoms with Crippen LogP contribution in [0.15, 0.2) is 63.1 Å². The monoisotopic (exact) mass is 474 g/mol. The number of furan rings is 1. The number of rotatable bonds is 5. The summed E-state index contributed by atoms with van der Waals surface area (Å²) in [5.41, 5.74) is 0.571. The summed E-state index contributed by atoms with van der Waals surface area (Å²) >= 11 is 0. The van der Waals surface area contributed by atoms with E-state index in [9.17, 15) is 14.4 Å². The molecule has 0 unspecified atom stereocenters. The van der Waals surface area contributed by atoms with Gasteiger partial charge in [-0.2, -0.15) is 4.99 Å². The zero-order chi connectivity index (χ0) is 24.4. The highest BCUT2D eigenvalue weighted by molar-refractivity contribution is 5.94. The van der Waals surface area contributed by atoms with Gasteiger partial charge in [-0.05, 0) is 50.1 Å². The molecule has 0 atom stereocenters. The van der Waals surface area contributed by atoms with Crippen LogP contribution in [-0.4, -0.2) is 32.4 Å². The zero-order valence-electron chi connectivity index (χ0n) is 19.5. The van der Waals surface area contributed by atoms with Crippen molar-refractivity contribution in [3.63, 3.8) is 0 Å². The molecule has 0 N–H and O–H groups in total. The second-order valence-corrected chi connectivity index (χ2v) is 8.64. The number of ether oxygens (including phenoxy) is 1. The van der Waals surface area contributed by atoms with Gasteiger partial charge in [-0.25, -0.2) is 9.78 Å². The summed E-state index contributed by atoms with van der Waals surface area (Å²) in [5, 5.41) is 0.215. The molecule has 4 heterocycles. The minimum Gasteiger partial charge on any atom is -0.467 e. The van der Waals surface area contributed by atoms with Gasteiger partial charge in [0.05, 0.1) is 24.8 Å². The van der Waals surface area contributed by atoms with Gasteiger partial charge in [0.1, 0.15) is 22.6 Å². The maximum absolute atomic E-state index is 13.4. The average Bonchev–Trinajstić information content (AvgIpc) is 3.39. The molecule has 0 aromatic carbocycles. The normalized spacial score (nSPS) is 15.1. The predicted octanol–water partition coefficient (Wildman–Crippen LogP) is 3.47. The fourth-order valence-electron chi connectivity index (χ4n) is 4.61. The molecule has 35 heavy (non-hydrogen) atoms. The van der Waals surface area contributed by atoms with E-state index in [4.69, 9.17) is 14.1 Å². The van der Waals surface area contributed by atoms with Crippen LogP contribution in [0.3, 0.4) is 0 Å². The molecule has 5 rings (SSSR count). The smallest absolute Gasteiger partial charge is 0.341 e. The Kier molecular flexibility index (Phi) is 6.31. The van der Waals surface area contributed by atoms with Gasteiger partial charge in [0, 0.05) is 12.1 Å². The molecule has 0 saturated heterocycles. The van der Waals surface area contributed by atoms with Crippen molar-refractivity contribution in [2.24, 2.45) is 10.9 Å². The molecule has 180 valence electrons. The van der Waals surface area contributed by atoms with Crippen LogP contribution in [0.1, 0.15) is 55.1 Å². The third-order valence-corrected chi connectivity index (χ3v) is 6.35.